The van der Waals surface area contributed by atoms with Crippen molar-refractivity contribution >= 4 is 33.1 Å². The highest BCUT2D eigenvalue weighted by Crippen LogP contribution is 2.23. The van der Waals surface area contributed by atoms with Crippen LogP contribution >= 0.6 is 11.3 Å². The predicted molar refractivity (Wildman–Crippen MR) is 120 cm³/mol. The molecular formula is C23H25N3O2S. The zero-order chi connectivity index (χ0) is 20.8. The molecule has 1 amide bonds. The quantitative estimate of drug-likeness (QED) is 0.548. The third kappa shape index (κ3) is 4.52. The van der Waals surface area contributed by atoms with Crippen LogP contribution in [0.5, 0.6) is 5.75 Å². The van der Waals surface area contributed by atoms with Gasteiger partial charge in [0.05, 0.1) is 23.4 Å². The zero-order valence-electron chi connectivity index (χ0n) is 17.0. The molecule has 3 rings (SSSR count). The second-order valence-electron chi connectivity index (χ2n) is 6.37. The lowest BCUT2D eigenvalue weighted by Crippen LogP contribution is -2.21. The minimum absolute atomic E-state index is 0.279. The van der Waals surface area contributed by atoms with E-state index >= 15 is 0 Å². The van der Waals surface area contributed by atoms with E-state index in [2.05, 4.69) is 29.7 Å². The Morgan fingerprint density at radius 2 is 1.90 bits per heavy atom. The summed E-state index contributed by atoms with van der Waals surface area (Å²) in [6.45, 7) is 8.96. The van der Waals surface area contributed by atoms with Gasteiger partial charge in [0.1, 0.15) is 5.75 Å². The number of thiazole rings is 1. The fraction of sp³-hybridized carbons (Fsp3) is 0.304. The molecule has 0 aliphatic heterocycles. The highest BCUT2D eigenvalue weighted by Gasteiger charge is 2.11. The number of carbonyl (C=O) groups is 1. The summed E-state index contributed by atoms with van der Waals surface area (Å²) in [6.07, 6.45) is 5.55. The van der Waals surface area contributed by atoms with Gasteiger partial charge in [0.2, 0.25) is 0 Å². The molecule has 3 aromatic rings. The van der Waals surface area contributed by atoms with Gasteiger partial charge in [-0.25, -0.2) is 0 Å². The molecule has 0 radical (unpaired) electrons. The molecule has 0 unspecified atom stereocenters. The smallest absolute Gasteiger partial charge is 0.279 e. The van der Waals surface area contributed by atoms with E-state index in [0.29, 0.717) is 23.5 Å². The van der Waals surface area contributed by atoms with Crippen molar-refractivity contribution in [3.05, 3.63) is 52.8 Å². The molecule has 1 aromatic heterocycles. The Labute approximate surface area is 175 Å². The van der Waals surface area contributed by atoms with Gasteiger partial charge in [-0.3, -0.25) is 4.79 Å². The van der Waals surface area contributed by atoms with Crippen LogP contribution in [0.2, 0.25) is 0 Å². The first kappa shape index (κ1) is 20.7. The van der Waals surface area contributed by atoms with Gasteiger partial charge in [0.15, 0.2) is 4.80 Å². The fourth-order valence-electron chi connectivity index (χ4n) is 3.19. The number of terminal acetylenes is 1. The monoisotopic (exact) mass is 407 g/mol. The molecule has 6 heteroatoms. The van der Waals surface area contributed by atoms with E-state index in [-0.39, 0.29) is 5.91 Å². The van der Waals surface area contributed by atoms with E-state index in [1.165, 1.54) is 11.3 Å². The molecule has 0 N–H and O–H groups in total. The second-order valence-corrected chi connectivity index (χ2v) is 7.38. The van der Waals surface area contributed by atoms with E-state index in [9.17, 15) is 4.79 Å². The standard InChI is InChI=1S/C23H25N3O2S/c1-5-15-26-20-14-13-19(28-8-4)16-21(20)29-23(26)24-22(27)17-9-11-18(12-10-17)25(6-2)7-3/h1,9-14,16H,6-8,15H2,2-4H3. The predicted octanol–water partition coefficient (Wildman–Crippen LogP) is 4.32. The summed E-state index contributed by atoms with van der Waals surface area (Å²) in [7, 11) is 0. The number of benzene rings is 2. The molecule has 0 aliphatic rings. The van der Waals surface area contributed by atoms with E-state index in [1.54, 1.807) is 0 Å². The average molecular weight is 408 g/mol. The van der Waals surface area contributed by atoms with Gasteiger partial charge < -0.3 is 14.2 Å². The van der Waals surface area contributed by atoms with Gasteiger partial charge in [-0.2, -0.15) is 4.99 Å². The van der Waals surface area contributed by atoms with E-state index in [0.717, 1.165) is 34.7 Å². The minimum atomic E-state index is -0.279. The third-order valence-electron chi connectivity index (χ3n) is 4.65. The number of rotatable bonds is 7. The molecular weight excluding hydrogens is 382 g/mol. The summed E-state index contributed by atoms with van der Waals surface area (Å²) in [5.74, 6) is 3.16. The summed E-state index contributed by atoms with van der Waals surface area (Å²) in [5, 5.41) is 0. The molecule has 0 bridgehead atoms. The van der Waals surface area contributed by atoms with Crippen molar-refractivity contribution < 1.29 is 9.53 Å². The van der Waals surface area contributed by atoms with Crippen molar-refractivity contribution in [2.75, 3.05) is 24.6 Å². The van der Waals surface area contributed by atoms with Gasteiger partial charge >= 0.3 is 0 Å². The Hall–Kier alpha value is -3.04. The van der Waals surface area contributed by atoms with Crippen molar-refractivity contribution in [3.8, 4) is 18.1 Å². The van der Waals surface area contributed by atoms with E-state index in [4.69, 9.17) is 11.2 Å². The first-order chi connectivity index (χ1) is 14.1. The Morgan fingerprint density at radius 3 is 2.52 bits per heavy atom. The number of hydrogen-bond donors (Lipinski definition) is 0. The van der Waals surface area contributed by atoms with Crippen molar-refractivity contribution in [3.63, 3.8) is 0 Å². The average Bonchev–Trinajstić information content (AvgIpc) is 3.06. The minimum Gasteiger partial charge on any atom is -0.494 e. The molecule has 29 heavy (non-hydrogen) atoms. The first-order valence-electron chi connectivity index (χ1n) is 9.74. The number of anilines is 1. The molecule has 0 aliphatic carbocycles. The summed E-state index contributed by atoms with van der Waals surface area (Å²) < 4.78 is 8.45. The molecule has 0 saturated heterocycles. The van der Waals surface area contributed by atoms with Crippen LogP contribution < -0.4 is 14.4 Å². The number of ether oxygens (including phenoxy) is 1. The largest absolute Gasteiger partial charge is 0.494 e. The molecule has 0 atom stereocenters. The molecule has 150 valence electrons. The van der Waals surface area contributed by atoms with E-state index < -0.39 is 0 Å². The van der Waals surface area contributed by atoms with E-state index in [1.807, 2.05) is 54.0 Å². The summed E-state index contributed by atoms with van der Waals surface area (Å²) in [4.78, 5) is 20.0. The fourth-order valence-corrected chi connectivity index (χ4v) is 4.25. The first-order valence-corrected chi connectivity index (χ1v) is 10.6. The van der Waals surface area contributed by atoms with Crippen LogP contribution in [-0.4, -0.2) is 30.2 Å². The zero-order valence-corrected chi connectivity index (χ0v) is 17.8. The van der Waals surface area contributed by atoms with Gasteiger partial charge in [-0.15, -0.1) is 6.42 Å². The van der Waals surface area contributed by atoms with Crippen LogP contribution in [-0.2, 0) is 6.54 Å². The van der Waals surface area contributed by atoms with Crippen molar-refractivity contribution in [1.29, 1.82) is 0 Å². The van der Waals surface area contributed by atoms with Gasteiger partial charge in [0, 0.05) is 24.3 Å². The van der Waals surface area contributed by atoms with Gasteiger partial charge in [-0.05, 0) is 63.2 Å². The third-order valence-corrected chi connectivity index (χ3v) is 5.70. The normalized spacial score (nSPS) is 11.4. The highest BCUT2D eigenvalue weighted by atomic mass is 32.1. The number of carbonyl (C=O) groups excluding carboxylic acids is 1. The maximum absolute atomic E-state index is 12.8. The van der Waals surface area contributed by atoms with Crippen molar-refractivity contribution in [2.24, 2.45) is 4.99 Å². The summed E-state index contributed by atoms with van der Waals surface area (Å²) >= 11 is 1.43. The number of hydrogen-bond acceptors (Lipinski definition) is 4. The maximum atomic E-state index is 12.8. The van der Waals surface area contributed by atoms with Crippen molar-refractivity contribution in [1.82, 2.24) is 4.57 Å². The Bertz CT molecular complexity index is 1100. The Balaban J connectivity index is 1.99. The van der Waals surface area contributed by atoms with Crippen LogP contribution in [0.3, 0.4) is 0 Å². The number of aromatic nitrogens is 1. The maximum Gasteiger partial charge on any atom is 0.279 e. The molecule has 0 spiro atoms. The molecule has 2 aromatic carbocycles. The summed E-state index contributed by atoms with van der Waals surface area (Å²) in [6, 6.07) is 13.4. The van der Waals surface area contributed by atoms with Crippen LogP contribution in [0.4, 0.5) is 5.69 Å². The topological polar surface area (TPSA) is 46.8 Å². The summed E-state index contributed by atoms with van der Waals surface area (Å²) in [5.41, 5.74) is 2.60. The number of fused-ring (bicyclic) bond motifs is 1. The number of nitrogens with zero attached hydrogens (tertiary/aromatic N) is 3. The second kappa shape index (κ2) is 9.44. The van der Waals surface area contributed by atoms with Gasteiger partial charge in [0.25, 0.3) is 5.91 Å². The lowest BCUT2D eigenvalue weighted by atomic mass is 10.2. The lowest BCUT2D eigenvalue weighted by molar-refractivity contribution is 0.0998. The highest BCUT2D eigenvalue weighted by molar-refractivity contribution is 7.16. The molecule has 0 saturated carbocycles. The SMILES string of the molecule is C#CCn1c(=NC(=O)c2ccc(N(CC)CC)cc2)sc2cc(OCC)ccc21. The van der Waals surface area contributed by atoms with Crippen LogP contribution in [0.15, 0.2) is 47.5 Å². The lowest BCUT2D eigenvalue weighted by Gasteiger charge is -2.20. The number of amides is 1. The van der Waals surface area contributed by atoms with Crippen LogP contribution in [0.25, 0.3) is 10.2 Å². The Kier molecular flexibility index (Phi) is 6.73. The van der Waals surface area contributed by atoms with Crippen LogP contribution in [0.1, 0.15) is 31.1 Å². The molecule has 1 heterocycles. The van der Waals surface area contributed by atoms with Gasteiger partial charge in [-0.1, -0.05) is 17.3 Å². The Morgan fingerprint density at radius 1 is 1.17 bits per heavy atom. The molecule has 5 nitrogen and oxygen atoms in total. The van der Waals surface area contributed by atoms with Crippen molar-refractivity contribution in [2.45, 2.75) is 27.3 Å². The van der Waals surface area contributed by atoms with Crippen LogP contribution in [0, 0.1) is 12.3 Å². The molecule has 0 fully saturated rings.